The van der Waals surface area contributed by atoms with Gasteiger partial charge in [-0.15, -0.1) is 0 Å². The molecule has 2 aliphatic rings. The van der Waals surface area contributed by atoms with E-state index < -0.39 is 17.5 Å². The molecule has 0 aliphatic carbocycles. The van der Waals surface area contributed by atoms with Crippen molar-refractivity contribution in [1.82, 2.24) is 10.2 Å². The van der Waals surface area contributed by atoms with Crippen LogP contribution < -0.4 is 5.32 Å². The average molecular weight is 360 g/mol. The lowest BCUT2D eigenvalue weighted by molar-refractivity contribution is -0.232. The lowest BCUT2D eigenvalue weighted by atomic mass is 9.66. The fraction of sp³-hybridized carbons (Fsp3) is 0.706. The molecule has 0 bridgehead atoms. The largest absolute Gasteiger partial charge is 0.467 e. The van der Waals surface area contributed by atoms with E-state index in [-0.39, 0.29) is 32.1 Å². The van der Waals surface area contributed by atoms with E-state index in [4.69, 9.17) is 9.15 Å². The second-order valence-corrected chi connectivity index (χ2v) is 6.96. The van der Waals surface area contributed by atoms with Gasteiger partial charge in [0.05, 0.1) is 18.7 Å². The number of urea groups is 1. The van der Waals surface area contributed by atoms with Crippen molar-refractivity contribution in [2.45, 2.75) is 38.9 Å². The molecule has 140 valence electrons. The van der Waals surface area contributed by atoms with Crippen LogP contribution in [0.15, 0.2) is 16.7 Å². The van der Waals surface area contributed by atoms with Gasteiger partial charge in [0.15, 0.2) is 0 Å². The van der Waals surface area contributed by atoms with Crippen LogP contribution in [0.3, 0.4) is 0 Å². The molecule has 3 heterocycles. The molecule has 8 heteroatoms. The van der Waals surface area contributed by atoms with Crippen molar-refractivity contribution in [3.05, 3.63) is 23.7 Å². The normalized spacial score (nSPS) is 23.7. The smallest absolute Gasteiger partial charge is 0.392 e. The average Bonchev–Trinajstić information content (AvgIpc) is 2.97. The summed E-state index contributed by atoms with van der Waals surface area (Å²) < 4.78 is 51.1. The Morgan fingerprint density at radius 2 is 2.12 bits per heavy atom. The summed E-state index contributed by atoms with van der Waals surface area (Å²) in [6, 6.07) is 1.45. The maximum Gasteiger partial charge on any atom is 0.392 e. The van der Waals surface area contributed by atoms with Gasteiger partial charge in [-0.2, -0.15) is 13.2 Å². The Labute approximate surface area is 144 Å². The van der Waals surface area contributed by atoms with Gasteiger partial charge < -0.3 is 19.4 Å². The maximum absolute atomic E-state index is 13.5. The summed E-state index contributed by atoms with van der Waals surface area (Å²) in [7, 11) is 0. The van der Waals surface area contributed by atoms with Crippen molar-refractivity contribution in [3.63, 3.8) is 0 Å². The number of ether oxygens (including phenoxy) is 1. The van der Waals surface area contributed by atoms with Gasteiger partial charge in [-0.1, -0.05) is 0 Å². The number of hydrogen-bond acceptors (Lipinski definition) is 3. The molecule has 1 unspecified atom stereocenters. The van der Waals surface area contributed by atoms with Crippen LogP contribution in [0.1, 0.15) is 30.6 Å². The highest BCUT2D eigenvalue weighted by Gasteiger charge is 2.56. The van der Waals surface area contributed by atoms with Gasteiger partial charge in [0, 0.05) is 31.7 Å². The molecule has 5 nitrogen and oxygen atoms in total. The van der Waals surface area contributed by atoms with E-state index in [1.165, 1.54) is 4.90 Å². The molecule has 1 spiro atoms. The molecule has 0 aromatic carbocycles. The Morgan fingerprint density at radius 3 is 2.72 bits per heavy atom. The molecule has 2 saturated heterocycles. The number of halogens is 3. The van der Waals surface area contributed by atoms with Crippen molar-refractivity contribution in [3.8, 4) is 0 Å². The molecule has 25 heavy (non-hydrogen) atoms. The van der Waals surface area contributed by atoms with E-state index in [0.717, 1.165) is 5.56 Å². The molecule has 2 fully saturated rings. The van der Waals surface area contributed by atoms with Crippen molar-refractivity contribution >= 4 is 6.03 Å². The number of furan rings is 1. The number of carbonyl (C=O) groups excluding carboxylic acids is 1. The third-order valence-corrected chi connectivity index (χ3v) is 5.47. The number of piperidine rings is 1. The number of hydrogen-bond donors (Lipinski definition) is 1. The van der Waals surface area contributed by atoms with Crippen LogP contribution in [0.4, 0.5) is 18.0 Å². The fourth-order valence-corrected chi connectivity index (χ4v) is 3.98. The van der Waals surface area contributed by atoms with Crippen LogP contribution in [0.5, 0.6) is 0 Å². The first-order valence-electron chi connectivity index (χ1n) is 8.52. The summed E-state index contributed by atoms with van der Waals surface area (Å²) in [6.45, 7) is 2.95. The number of aryl methyl sites for hydroxylation is 1. The Balaban J connectivity index is 1.67. The van der Waals surface area contributed by atoms with E-state index in [0.29, 0.717) is 31.8 Å². The number of carbonyl (C=O) groups is 1. The number of amides is 2. The summed E-state index contributed by atoms with van der Waals surface area (Å²) in [5.74, 6) is -0.723. The van der Waals surface area contributed by atoms with Crippen LogP contribution in [0.25, 0.3) is 0 Å². The van der Waals surface area contributed by atoms with E-state index in [1.807, 2.05) is 6.92 Å². The molecule has 2 amide bonds. The summed E-state index contributed by atoms with van der Waals surface area (Å²) in [6.07, 6.45) is -2.10. The van der Waals surface area contributed by atoms with Crippen LogP contribution in [0, 0.1) is 18.3 Å². The van der Waals surface area contributed by atoms with Crippen LogP contribution in [-0.4, -0.2) is 43.4 Å². The van der Waals surface area contributed by atoms with Gasteiger partial charge in [0.2, 0.25) is 0 Å². The zero-order chi connectivity index (χ0) is 18.1. The summed E-state index contributed by atoms with van der Waals surface area (Å²) in [5, 5.41) is 2.75. The quantitative estimate of drug-likeness (QED) is 0.879. The van der Waals surface area contributed by atoms with Gasteiger partial charge >= 0.3 is 12.2 Å². The van der Waals surface area contributed by atoms with Gasteiger partial charge in [-0.25, -0.2) is 4.79 Å². The van der Waals surface area contributed by atoms with E-state index in [2.05, 4.69) is 5.32 Å². The second-order valence-electron chi connectivity index (χ2n) is 6.96. The predicted molar refractivity (Wildman–Crippen MR) is 83.9 cm³/mol. The molecule has 0 radical (unpaired) electrons. The first-order valence-corrected chi connectivity index (χ1v) is 8.52. The predicted octanol–water partition coefficient (Wildman–Crippen LogP) is 3.48. The van der Waals surface area contributed by atoms with E-state index in [1.54, 1.807) is 12.3 Å². The third-order valence-electron chi connectivity index (χ3n) is 5.47. The SMILES string of the molecule is Cc1ccoc1CNC(=O)N1CCC(C(F)(F)F)C2(CCOCC2)C1. The zero-order valence-corrected chi connectivity index (χ0v) is 14.2. The first kappa shape index (κ1) is 18.1. The lowest BCUT2D eigenvalue weighted by Gasteiger charge is -2.50. The number of nitrogens with zero attached hydrogens (tertiary/aromatic N) is 1. The Hall–Kier alpha value is -1.70. The molecule has 1 aromatic heterocycles. The summed E-state index contributed by atoms with van der Waals surface area (Å²) >= 11 is 0. The Morgan fingerprint density at radius 1 is 1.40 bits per heavy atom. The molecule has 1 N–H and O–H groups in total. The highest BCUT2D eigenvalue weighted by Crippen LogP contribution is 2.50. The Bertz CT molecular complexity index is 609. The monoisotopic (exact) mass is 360 g/mol. The number of alkyl halides is 3. The number of likely N-dealkylation sites (tertiary alicyclic amines) is 1. The topological polar surface area (TPSA) is 54.7 Å². The second kappa shape index (κ2) is 6.90. The molecule has 1 aromatic rings. The minimum atomic E-state index is -4.24. The van der Waals surface area contributed by atoms with E-state index in [9.17, 15) is 18.0 Å². The van der Waals surface area contributed by atoms with Crippen LogP contribution in [0.2, 0.25) is 0 Å². The lowest BCUT2D eigenvalue weighted by Crippen LogP contribution is -2.58. The van der Waals surface area contributed by atoms with Crippen LogP contribution >= 0.6 is 0 Å². The molecular formula is C17H23F3N2O3. The van der Waals surface area contributed by atoms with Crippen molar-refractivity contribution in [1.29, 1.82) is 0 Å². The van der Waals surface area contributed by atoms with Gasteiger partial charge in [-0.3, -0.25) is 0 Å². The highest BCUT2D eigenvalue weighted by molar-refractivity contribution is 5.74. The van der Waals surface area contributed by atoms with E-state index >= 15 is 0 Å². The number of nitrogens with one attached hydrogen (secondary N) is 1. The standard InChI is InChI=1S/C17H23F3N2O3/c1-12-3-7-25-13(12)10-21-15(23)22-6-2-14(17(18,19)20)16(11-22)4-8-24-9-5-16/h3,7,14H,2,4-6,8-11H2,1H3,(H,21,23). The molecular weight excluding hydrogens is 337 g/mol. The maximum atomic E-state index is 13.5. The summed E-state index contributed by atoms with van der Waals surface area (Å²) in [4.78, 5) is 14.0. The highest BCUT2D eigenvalue weighted by atomic mass is 19.4. The molecule has 1 atom stereocenters. The van der Waals surface area contributed by atoms with Crippen molar-refractivity contribution in [2.24, 2.45) is 11.3 Å². The zero-order valence-electron chi connectivity index (χ0n) is 14.2. The molecule has 2 aliphatic heterocycles. The third kappa shape index (κ3) is 3.78. The number of rotatable bonds is 2. The van der Waals surface area contributed by atoms with Gasteiger partial charge in [-0.05, 0) is 37.8 Å². The molecule has 3 rings (SSSR count). The molecule has 0 saturated carbocycles. The Kier molecular flexibility index (Phi) is 4.99. The van der Waals surface area contributed by atoms with Crippen LogP contribution in [-0.2, 0) is 11.3 Å². The van der Waals surface area contributed by atoms with Gasteiger partial charge in [0.1, 0.15) is 5.76 Å². The minimum absolute atomic E-state index is 0.0588. The first-order chi connectivity index (χ1) is 11.8. The van der Waals surface area contributed by atoms with Gasteiger partial charge in [0.25, 0.3) is 0 Å². The van der Waals surface area contributed by atoms with Crippen molar-refractivity contribution < 1.29 is 27.1 Å². The van der Waals surface area contributed by atoms with Crippen molar-refractivity contribution in [2.75, 3.05) is 26.3 Å². The fourth-order valence-electron chi connectivity index (χ4n) is 3.98. The minimum Gasteiger partial charge on any atom is -0.467 e. The summed E-state index contributed by atoms with van der Waals surface area (Å²) in [5.41, 5.74) is -0.0101.